The van der Waals surface area contributed by atoms with Gasteiger partial charge < -0.3 is 10.8 Å². The number of nitrogens with two attached hydrogens (primary N) is 1. The van der Waals surface area contributed by atoms with Crippen LogP contribution in [0.4, 0.5) is 8.78 Å². The minimum Gasteiger partial charge on any atom is -0.505 e. The zero-order chi connectivity index (χ0) is 20.0. The average Bonchev–Trinajstić information content (AvgIpc) is 2.91. The van der Waals surface area contributed by atoms with E-state index in [4.69, 9.17) is 17.3 Å². The monoisotopic (exact) mass is 392 g/mol. The number of rotatable bonds is 3. The van der Waals surface area contributed by atoms with E-state index < -0.39 is 35.1 Å². The summed E-state index contributed by atoms with van der Waals surface area (Å²) in [7, 11) is 0. The Morgan fingerprint density at radius 1 is 1.22 bits per heavy atom. The van der Waals surface area contributed by atoms with Crippen LogP contribution in [0.2, 0.25) is 5.02 Å². The van der Waals surface area contributed by atoms with Gasteiger partial charge in [0.1, 0.15) is 5.82 Å². The van der Waals surface area contributed by atoms with E-state index in [0.29, 0.717) is 0 Å². The maximum atomic E-state index is 14.7. The number of benzene rings is 2. The number of halogens is 3. The highest BCUT2D eigenvalue weighted by atomic mass is 35.5. The number of aromatic hydroxyl groups is 1. The summed E-state index contributed by atoms with van der Waals surface area (Å²) in [6.45, 7) is 3.00. The molecule has 2 aromatic carbocycles. The number of nitrogens with zero attached hydrogens (tertiary/aromatic N) is 1. The Balaban J connectivity index is 2.35. The molecule has 0 aliphatic heterocycles. The van der Waals surface area contributed by atoms with E-state index >= 15 is 0 Å². The minimum atomic E-state index is -0.965. The molecule has 8 heteroatoms. The fraction of sp³-hybridized carbons (Fsp3) is 0.158. The lowest BCUT2D eigenvalue weighted by Gasteiger charge is -2.10. The van der Waals surface area contributed by atoms with Gasteiger partial charge in [0.25, 0.3) is 5.91 Å². The molecule has 0 fully saturated rings. The summed E-state index contributed by atoms with van der Waals surface area (Å²) in [6, 6.07) is 6.01. The van der Waals surface area contributed by atoms with Crippen molar-refractivity contribution in [2.24, 2.45) is 5.73 Å². The highest BCUT2D eigenvalue weighted by Gasteiger charge is 2.28. The smallest absolute Gasteiger partial charge is 0.262 e. The number of phenols is 1. The van der Waals surface area contributed by atoms with Crippen LogP contribution in [0.5, 0.6) is 5.75 Å². The molecular formula is C19H15ClF2N2O3. The van der Waals surface area contributed by atoms with E-state index in [0.717, 1.165) is 16.7 Å². The molecule has 0 aliphatic rings. The summed E-state index contributed by atoms with van der Waals surface area (Å²) in [6.07, 6.45) is 0. The number of hydrogen-bond acceptors (Lipinski definition) is 3. The molecule has 1 amide bonds. The third-order valence-corrected chi connectivity index (χ3v) is 4.87. The van der Waals surface area contributed by atoms with Gasteiger partial charge in [-0.2, -0.15) is 0 Å². The number of carbonyl (C=O) groups is 2. The van der Waals surface area contributed by atoms with Crippen LogP contribution in [0, 0.1) is 18.6 Å². The van der Waals surface area contributed by atoms with Crippen LogP contribution < -0.4 is 5.73 Å². The average molecular weight is 393 g/mol. The topological polar surface area (TPSA) is 85.3 Å². The van der Waals surface area contributed by atoms with E-state index in [1.54, 1.807) is 0 Å². The normalized spacial score (nSPS) is 12.3. The third-order valence-electron chi connectivity index (χ3n) is 4.56. The summed E-state index contributed by atoms with van der Waals surface area (Å²) in [5.41, 5.74) is 5.94. The summed E-state index contributed by atoms with van der Waals surface area (Å²) in [5, 5.41) is 9.51. The molecule has 0 bridgehead atoms. The molecule has 5 nitrogen and oxygen atoms in total. The highest BCUT2D eigenvalue weighted by Crippen LogP contribution is 2.37. The first kappa shape index (κ1) is 18.8. The van der Waals surface area contributed by atoms with Crippen molar-refractivity contribution >= 4 is 34.3 Å². The maximum Gasteiger partial charge on any atom is 0.262 e. The van der Waals surface area contributed by atoms with Gasteiger partial charge in [-0.25, -0.2) is 8.78 Å². The van der Waals surface area contributed by atoms with Gasteiger partial charge >= 0.3 is 0 Å². The van der Waals surface area contributed by atoms with E-state index in [2.05, 4.69) is 0 Å². The molecule has 0 saturated heterocycles. The zero-order valence-corrected chi connectivity index (χ0v) is 15.1. The molecule has 0 spiro atoms. The Labute approximate surface area is 158 Å². The third kappa shape index (κ3) is 2.94. The number of carbonyl (C=O) groups excluding carboxylic acids is 2. The zero-order valence-electron chi connectivity index (χ0n) is 14.4. The molecule has 0 unspecified atom stereocenters. The summed E-state index contributed by atoms with van der Waals surface area (Å²) >= 11 is 5.65. The van der Waals surface area contributed by atoms with Crippen LogP contribution in [-0.4, -0.2) is 21.5 Å². The number of hydrogen-bond donors (Lipinski definition) is 2. The number of phenolic OH excluding ortho intramolecular Hbond substituents is 1. The van der Waals surface area contributed by atoms with Gasteiger partial charge in [-0.05, 0) is 49.7 Å². The number of amides is 1. The van der Waals surface area contributed by atoms with Crippen molar-refractivity contribution in [3.05, 3.63) is 63.8 Å². The molecule has 140 valence electrons. The summed E-state index contributed by atoms with van der Waals surface area (Å²) in [5.74, 6) is -4.63. The van der Waals surface area contributed by atoms with Crippen LogP contribution in [0.15, 0.2) is 30.3 Å². The van der Waals surface area contributed by atoms with Gasteiger partial charge in [0, 0.05) is 16.6 Å². The lowest BCUT2D eigenvalue weighted by atomic mass is 9.97. The molecule has 1 atom stereocenters. The van der Waals surface area contributed by atoms with Gasteiger partial charge in [-0.15, -0.1) is 0 Å². The number of fused-ring (bicyclic) bond motifs is 1. The quantitative estimate of drug-likeness (QED) is 0.709. The van der Waals surface area contributed by atoms with Crippen molar-refractivity contribution in [1.82, 2.24) is 4.57 Å². The standard InChI is InChI=1S/C19H15ClF2N2O3/c1-8(18(23)26)15-9(2)24(13-5-6-14(25)17(22)16(13)15)19(27)10-3-4-11(20)12(21)7-10/h3-8,25H,1-2H3,(H2,23,26)/t8-/m1/s1. The minimum absolute atomic E-state index is 0.0105. The van der Waals surface area contributed by atoms with Crippen LogP contribution in [0.3, 0.4) is 0 Å². The molecule has 0 aliphatic carbocycles. The molecule has 1 aromatic heterocycles. The predicted octanol–water partition coefficient (Wildman–Crippen LogP) is 3.86. The first-order valence-electron chi connectivity index (χ1n) is 7.96. The molecule has 0 saturated carbocycles. The largest absolute Gasteiger partial charge is 0.505 e. The maximum absolute atomic E-state index is 14.7. The van der Waals surface area contributed by atoms with Crippen LogP contribution in [0.25, 0.3) is 10.9 Å². The van der Waals surface area contributed by atoms with Gasteiger partial charge in [-0.1, -0.05) is 11.6 Å². The fourth-order valence-corrected chi connectivity index (χ4v) is 3.29. The molecular weight excluding hydrogens is 378 g/mol. The van der Waals surface area contributed by atoms with Crippen LogP contribution >= 0.6 is 11.6 Å². The van der Waals surface area contributed by atoms with Crippen molar-refractivity contribution in [3.63, 3.8) is 0 Å². The van der Waals surface area contributed by atoms with Crippen molar-refractivity contribution in [2.45, 2.75) is 19.8 Å². The molecule has 1 heterocycles. The van der Waals surface area contributed by atoms with Gasteiger partial charge in [-0.3, -0.25) is 14.2 Å². The molecule has 3 rings (SSSR count). The summed E-state index contributed by atoms with van der Waals surface area (Å²) in [4.78, 5) is 24.7. The Hall–Kier alpha value is -2.93. The second kappa shape index (κ2) is 6.66. The van der Waals surface area contributed by atoms with Crippen molar-refractivity contribution in [1.29, 1.82) is 0 Å². The van der Waals surface area contributed by atoms with E-state index in [-0.39, 0.29) is 32.7 Å². The van der Waals surface area contributed by atoms with Crippen LogP contribution in [-0.2, 0) is 4.79 Å². The first-order chi connectivity index (χ1) is 12.6. The van der Waals surface area contributed by atoms with Crippen molar-refractivity contribution in [3.8, 4) is 5.75 Å². The second-order valence-corrected chi connectivity index (χ2v) is 6.59. The van der Waals surface area contributed by atoms with E-state index in [1.165, 1.54) is 32.0 Å². The fourth-order valence-electron chi connectivity index (χ4n) is 3.17. The lowest BCUT2D eigenvalue weighted by molar-refractivity contribution is -0.119. The Morgan fingerprint density at radius 3 is 2.48 bits per heavy atom. The Kier molecular flexibility index (Phi) is 4.65. The summed E-state index contributed by atoms with van der Waals surface area (Å²) < 4.78 is 29.6. The molecule has 3 aromatic rings. The lowest BCUT2D eigenvalue weighted by Crippen LogP contribution is -2.20. The van der Waals surface area contributed by atoms with E-state index in [1.807, 2.05) is 0 Å². The Morgan fingerprint density at radius 2 is 1.89 bits per heavy atom. The molecule has 3 N–H and O–H groups in total. The number of primary amides is 1. The van der Waals surface area contributed by atoms with Crippen LogP contribution in [0.1, 0.15) is 34.5 Å². The first-order valence-corrected chi connectivity index (χ1v) is 8.34. The number of aromatic nitrogens is 1. The van der Waals surface area contributed by atoms with Crippen molar-refractivity contribution in [2.75, 3.05) is 0 Å². The van der Waals surface area contributed by atoms with E-state index in [9.17, 15) is 23.5 Å². The molecule has 27 heavy (non-hydrogen) atoms. The van der Waals surface area contributed by atoms with Gasteiger partial charge in [0.2, 0.25) is 5.91 Å². The highest BCUT2D eigenvalue weighted by molar-refractivity contribution is 6.30. The van der Waals surface area contributed by atoms with Gasteiger partial charge in [0.05, 0.1) is 16.5 Å². The Bertz CT molecular complexity index is 1110. The molecule has 0 radical (unpaired) electrons. The SMILES string of the molecule is Cc1c([C@@H](C)C(N)=O)c2c(F)c(O)ccc2n1C(=O)c1ccc(Cl)c(F)c1. The second-order valence-electron chi connectivity index (χ2n) is 6.19. The predicted molar refractivity (Wildman–Crippen MR) is 97.0 cm³/mol. The van der Waals surface area contributed by atoms with Crippen molar-refractivity contribution < 1.29 is 23.5 Å². The van der Waals surface area contributed by atoms with Gasteiger partial charge in [0.15, 0.2) is 11.6 Å².